The summed E-state index contributed by atoms with van der Waals surface area (Å²) in [6.07, 6.45) is 0. The van der Waals surface area contributed by atoms with Gasteiger partial charge in [0, 0.05) is 11.4 Å². The molecule has 1 heterocycles. The summed E-state index contributed by atoms with van der Waals surface area (Å²) in [5, 5.41) is 6.21. The van der Waals surface area contributed by atoms with Gasteiger partial charge >= 0.3 is 0 Å². The molecule has 3 rings (SSSR count). The number of fused-ring (bicyclic) bond motifs is 3. The van der Waals surface area contributed by atoms with Crippen LogP contribution in [0.15, 0.2) is 46.9 Å². The number of carbonyl (C=O) groups is 1. The SMILES string of the molecule is CC(C)[C@@H](C)NC(=O)c1cc2c(ccc3ccccc32)o1. The van der Waals surface area contributed by atoms with Crippen LogP contribution in [0.4, 0.5) is 0 Å². The molecule has 3 nitrogen and oxygen atoms in total. The molecule has 21 heavy (non-hydrogen) atoms. The number of hydrogen-bond acceptors (Lipinski definition) is 2. The van der Waals surface area contributed by atoms with E-state index in [2.05, 4.69) is 25.2 Å². The molecule has 3 aromatic rings. The lowest BCUT2D eigenvalue weighted by Crippen LogP contribution is -2.35. The zero-order chi connectivity index (χ0) is 15.0. The van der Waals surface area contributed by atoms with Gasteiger partial charge in [0.2, 0.25) is 0 Å². The molecule has 2 aromatic carbocycles. The third-order valence-corrected chi connectivity index (χ3v) is 4.01. The van der Waals surface area contributed by atoms with E-state index in [4.69, 9.17) is 4.42 Å². The largest absolute Gasteiger partial charge is 0.451 e. The first-order valence-corrected chi connectivity index (χ1v) is 7.28. The van der Waals surface area contributed by atoms with E-state index in [1.54, 1.807) is 0 Å². The fraction of sp³-hybridized carbons (Fsp3) is 0.278. The van der Waals surface area contributed by atoms with Gasteiger partial charge in [-0.05, 0) is 35.7 Å². The van der Waals surface area contributed by atoms with Crippen molar-refractivity contribution >= 4 is 27.6 Å². The minimum Gasteiger partial charge on any atom is -0.451 e. The van der Waals surface area contributed by atoms with Crippen molar-refractivity contribution in [3.8, 4) is 0 Å². The second-order valence-corrected chi connectivity index (χ2v) is 5.82. The van der Waals surface area contributed by atoms with Gasteiger partial charge in [-0.15, -0.1) is 0 Å². The van der Waals surface area contributed by atoms with Crippen LogP contribution in [0, 0.1) is 5.92 Å². The van der Waals surface area contributed by atoms with E-state index in [1.165, 1.54) is 0 Å². The van der Waals surface area contributed by atoms with Crippen LogP contribution in [-0.4, -0.2) is 11.9 Å². The lowest BCUT2D eigenvalue weighted by molar-refractivity contribution is 0.0904. The van der Waals surface area contributed by atoms with Crippen molar-refractivity contribution < 1.29 is 9.21 Å². The minimum atomic E-state index is -0.156. The smallest absolute Gasteiger partial charge is 0.287 e. The monoisotopic (exact) mass is 281 g/mol. The van der Waals surface area contributed by atoms with Gasteiger partial charge < -0.3 is 9.73 Å². The molecule has 0 aliphatic heterocycles. The summed E-state index contributed by atoms with van der Waals surface area (Å²) in [7, 11) is 0. The Morgan fingerprint density at radius 3 is 2.57 bits per heavy atom. The molecule has 0 saturated heterocycles. The molecule has 1 amide bonds. The highest BCUT2D eigenvalue weighted by Gasteiger charge is 2.17. The Labute approximate surface area is 123 Å². The molecule has 1 atom stereocenters. The van der Waals surface area contributed by atoms with Gasteiger partial charge in [0.25, 0.3) is 5.91 Å². The zero-order valence-electron chi connectivity index (χ0n) is 12.5. The van der Waals surface area contributed by atoms with Gasteiger partial charge in [0.1, 0.15) is 5.58 Å². The average molecular weight is 281 g/mol. The Hall–Kier alpha value is -2.29. The molecule has 108 valence electrons. The molecule has 0 aliphatic rings. The minimum absolute atomic E-state index is 0.113. The predicted molar refractivity (Wildman–Crippen MR) is 85.5 cm³/mol. The number of furan rings is 1. The standard InChI is InChI=1S/C18H19NO2/c1-11(2)12(3)19-18(20)17-10-15-14-7-5-4-6-13(14)8-9-16(15)21-17/h4-12H,1-3H3,(H,19,20)/t12-/m1/s1. The number of amides is 1. The molecule has 0 unspecified atom stereocenters. The fourth-order valence-corrected chi connectivity index (χ4v) is 2.35. The van der Waals surface area contributed by atoms with Gasteiger partial charge in [-0.1, -0.05) is 44.2 Å². The number of nitrogens with one attached hydrogen (secondary N) is 1. The van der Waals surface area contributed by atoms with Crippen molar-refractivity contribution in [3.05, 3.63) is 48.2 Å². The van der Waals surface area contributed by atoms with Crippen LogP contribution in [0.25, 0.3) is 21.7 Å². The van der Waals surface area contributed by atoms with E-state index >= 15 is 0 Å². The molecule has 1 N–H and O–H groups in total. The topological polar surface area (TPSA) is 42.2 Å². The number of hydrogen-bond donors (Lipinski definition) is 1. The van der Waals surface area contributed by atoms with E-state index in [9.17, 15) is 4.79 Å². The van der Waals surface area contributed by atoms with Gasteiger partial charge in [0.15, 0.2) is 5.76 Å². The molecule has 3 heteroatoms. The molecule has 0 fully saturated rings. The van der Waals surface area contributed by atoms with Gasteiger partial charge in [0.05, 0.1) is 0 Å². The van der Waals surface area contributed by atoms with Crippen molar-refractivity contribution in [3.63, 3.8) is 0 Å². The highest BCUT2D eigenvalue weighted by Crippen LogP contribution is 2.28. The number of carbonyl (C=O) groups excluding carboxylic acids is 1. The van der Waals surface area contributed by atoms with E-state index in [-0.39, 0.29) is 11.9 Å². The fourth-order valence-electron chi connectivity index (χ4n) is 2.35. The van der Waals surface area contributed by atoms with Crippen molar-refractivity contribution in [1.82, 2.24) is 5.32 Å². The second kappa shape index (κ2) is 5.24. The highest BCUT2D eigenvalue weighted by atomic mass is 16.3. The lowest BCUT2D eigenvalue weighted by atomic mass is 10.1. The van der Waals surface area contributed by atoms with Crippen LogP contribution < -0.4 is 5.32 Å². The number of benzene rings is 2. The predicted octanol–water partition coefficient (Wildman–Crippen LogP) is 4.36. The second-order valence-electron chi connectivity index (χ2n) is 5.82. The average Bonchev–Trinajstić information content (AvgIpc) is 2.91. The van der Waals surface area contributed by atoms with Gasteiger partial charge in [-0.2, -0.15) is 0 Å². The molecular weight excluding hydrogens is 262 g/mol. The maximum Gasteiger partial charge on any atom is 0.287 e. The quantitative estimate of drug-likeness (QED) is 0.775. The van der Waals surface area contributed by atoms with Gasteiger partial charge in [-0.25, -0.2) is 0 Å². The summed E-state index contributed by atoms with van der Waals surface area (Å²) >= 11 is 0. The van der Waals surface area contributed by atoms with Crippen LogP contribution >= 0.6 is 0 Å². The zero-order valence-corrected chi connectivity index (χ0v) is 12.5. The molecular formula is C18H19NO2. The summed E-state index contributed by atoms with van der Waals surface area (Å²) in [6.45, 7) is 6.16. The van der Waals surface area contributed by atoms with Crippen LogP contribution in [0.2, 0.25) is 0 Å². The van der Waals surface area contributed by atoms with Crippen molar-refractivity contribution in [2.75, 3.05) is 0 Å². The Balaban J connectivity index is 2.01. The van der Waals surface area contributed by atoms with Gasteiger partial charge in [-0.3, -0.25) is 4.79 Å². The third kappa shape index (κ3) is 2.51. The first kappa shape index (κ1) is 13.7. The third-order valence-electron chi connectivity index (χ3n) is 4.01. The maximum absolute atomic E-state index is 12.3. The normalized spacial score (nSPS) is 13.0. The molecule has 0 spiro atoms. The van der Waals surface area contributed by atoms with Crippen LogP contribution in [0.3, 0.4) is 0 Å². The lowest BCUT2D eigenvalue weighted by Gasteiger charge is -2.16. The molecule has 1 aromatic heterocycles. The first-order valence-electron chi connectivity index (χ1n) is 7.28. The van der Waals surface area contributed by atoms with Crippen LogP contribution in [0.1, 0.15) is 31.3 Å². The van der Waals surface area contributed by atoms with E-state index < -0.39 is 0 Å². The number of rotatable bonds is 3. The van der Waals surface area contributed by atoms with E-state index in [0.717, 1.165) is 21.7 Å². The van der Waals surface area contributed by atoms with Crippen molar-refractivity contribution in [2.24, 2.45) is 5.92 Å². The van der Waals surface area contributed by atoms with Crippen LogP contribution in [0.5, 0.6) is 0 Å². The Morgan fingerprint density at radius 1 is 1.05 bits per heavy atom. The van der Waals surface area contributed by atoms with E-state index in [1.807, 2.05) is 43.3 Å². The summed E-state index contributed by atoms with van der Waals surface area (Å²) in [5.74, 6) is 0.601. The maximum atomic E-state index is 12.3. The van der Waals surface area contributed by atoms with Crippen molar-refractivity contribution in [2.45, 2.75) is 26.8 Å². The Kier molecular flexibility index (Phi) is 3.42. The Morgan fingerprint density at radius 2 is 1.81 bits per heavy atom. The molecule has 0 saturated carbocycles. The summed E-state index contributed by atoms with van der Waals surface area (Å²) in [6, 6.07) is 14.0. The van der Waals surface area contributed by atoms with Crippen molar-refractivity contribution in [1.29, 1.82) is 0 Å². The molecule has 0 radical (unpaired) electrons. The van der Waals surface area contributed by atoms with E-state index in [0.29, 0.717) is 11.7 Å². The highest BCUT2D eigenvalue weighted by molar-refractivity contribution is 6.08. The first-order chi connectivity index (χ1) is 10.1. The summed E-state index contributed by atoms with van der Waals surface area (Å²) < 4.78 is 5.71. The molecule has 0 aliphatic carbocycles. The molecule has 0 bridgehead atoms. The summed E-state index contributed by atoms with van der Waals surface area (Å²) in [5.41, 5.74) is 0.746. The summed E-state index contributed by atoms with van der Waals surface area (Å²) in [4.78, 5) is 12.3. The van der Waals surface area contributed by atoms with Crippen LogP contribution in [-0.2, 0) is 0 Å². The Bertz CT molecular complexity index is 801.